The number of aromatic nitrogens is 1. The average molecular weight is 451 g/mol. The van der Waals surface area contributed by atoms with Crippen LogP contribution in [0.5, 0.6) is 5.75 Å². The van der Waals surface area contributed by atoms with Crippen molar-refractivity contribution in [1.29, 1.82) is 0 Å². The summed E-state index contributed by atoms with van der Waals surface area (Å²) in [5.74, 6) is 0.538. The number of hydrogen-bond donors (Lipinski definition) is 1. The van der Waals surface area contributed by atoms with Gasteiger partial charge in [0.25, 0.3) is 5.91 Å². The molecule has 0 radical (unpaired) electrons. The van der Waals surface area contributed by atoms with E-state index in [1.54, 1.807) is 52.5 Å². The summed E-state index contributed by atoms with van der Waals surface area (Å²) in [6.45, 7) is 2.22. The smallest absolute Gasteiger partial charge is 0.322 e. The van der Waals surface area contributed by atoms with Gasteiger partial charge in [0.05, 0.1) is 11.9 Å². The molecule has 3 amide bonds. The number of ether oxygens (including phenoxy) is 1. The Morgan fingerprint density at radius 3 is 2.50 bits per heavy atom. The van der Waals surface area contributed by atoms with E-state index >= 15 is 0 Å². The Kier molecular flexibility index (Phi) is 6.87. The zero-order valence-electron chi connectivity index (χ0n) is 17.4. The van der Waals surface area contributed by atoms with E-state index in [-0.39, 0.29) is 11.9 Å². The summed E-state index contributed by atoms with van der Waals surface area (Å²) < 4.78 is 5.83. The molecule has 2 heterocycles. The van der Waals surface area contributed by atoms with E-state index in [0.717, 1.165) is 5.56 Å². The Balaban J connectivity index is 1.31. The van der Waals surface area contributed by atoms with Crippen LogP contribution in [0.4, 0.5) is 10.5 Å². The van der Waals surface area contributed by atoms with Crippen molar-refractivity contribution in [2.24, 2.45) is 0 Å². The fraction of sp³-hybridized carbons (Fsp3) is 0.208. The lowest BCUT2D eigenvalue weighted by Gasteiger charge is -2.34. The Bertz CT molecular complexity index is 1090. The van der Waals surface area contributed by atoms with Crippen molar-refractivity contribution in [3.63, 3.8) is 0 Å². The number of urea groups is 1. The van der Waals surface area contributed by atoms with Crippen LogP contribution in [-0.2, 0) is 6.61 Å². The number of carbonyl (C=O) groups excluding carboxylic acids is 2. The van der Waals surface area contributed by atoms with Gasteiger partial charge in [0.15, 0.2) is 0 Å². The molecule has 0 spiro atoms. The van der Waals surface area contributed by atoms with Gasteiger partial charge in [-0.25, -0.2) is 4.79 Å². The first-order valence-corrected chi connectivity index (χ1v) is 10.7. The predicted molar refractivity (Wildman–Crippen MR) is 123 cm³/mol. The molecule has 1 aliphatic heterocycles. The molecule has 0 atom stereocenters. The number of anilines is 1. The van der Waals surface area contributed by atoms with Gasteiger partial charge in [-0.3, -0.25) is 9.78 Å². The number of hydrogen-bond acceptors (Lipinski definition) is 4. The van der Waals surface area contributed by atoms with Crippen molar-refractivity contribution in [3.05, 3.63) is 89.2 Å². The third-order valence-electron chi connectivity index (χ3n) is 5.14. The van der Waals surface area contributed by atoms with Crippen LogP contribution in [0.2, 0.25) is 5.02 Å². The predicted octanol–water partition coefficient (Wildman–Crippen LogP) is 4.30. The van der Waals surface area contributed by atoms with Crippen molar-refractivity contribution < 1.29 is 14.3 Å². The zero-order valence-corrected chi connectivity index (χ0v) is 18.2. The highest BCUT2D eigenvalue weighted by Crippen LogP contribution is 2.19. The minimum Gasteiger partial charge on any atom is -0.489 e. The number of nitrogens with zero attached hydrogens (tertiary/aromatic N) is 3. The molecule has 1 saturated heterocycles. The number of amides is 3. The number of rotatable bonds is 5. The molecule has 3 aromatic rings. The van der Waals surface area contributed by atoms with Crippen molar-refractivity contribution in [1.82, 2.24) is 14.8 Å². The van der Waals surface area contributed by atoms with Crippen LogP contribution in [0.25, 0.3) is 0 Å². The summed E-state index contributed by atoms with van der Waals surface area (Å²) in [4.78, 5) is 32.8. The van der Waals surface area contributed by atoms with E-state index in [1.807, 2.05) is 30.3 Å². The summed E-state index contributed by atoms with van der Waals surface area (Å²) in [5, 5.41) is 3.48. The molecule has 1 fully saturated rings. The molecule has 0 saturated carbocycles. The van der Waals surface area contributed by atoms with Gasteiger partial charge in [-0.2, -0.15) is 0 Å². The normalized spacial score (nSPS) is 13.5. The van der Waals surface area contributed by atoms with Gasteiger partial charge in [-0.15, -0.1) is 0 Å². The Morgan fingerprint density at radius 2 is 1.75 bits per heavy atom. The van der Waals surface area contributed by atoms with Crippen LogP contribution < -0.4 is 10.1 Å². The molecule has 1 aromatic heterocycles. The second-order valence-electron chi connectivity index (χ2n) is 7.40. The molecule has 4 rings (SSSR count). The molecular formula is C24H23ClN4O3. The molecule has 2 aromatic carbocycles. The second kappa shape index (κ2) is 10.2. The molecule has 0 aliphatic carbocycles. The number of benzene rings is 2. The molecule has 7 nitrogen and oxygen atoms in total. The lowest BCUT2D eigenvalue weighted by Crippen LogP contribution is -2.51. The Morgan fingerprint density at radius 1 is 0.969 bits per heavy atom. The highest BCUT2D eigenvalue weighted by Gasteiger charge is 2.25. The minimum atomic E-state index is -0.193. The summed E-state index contributed by atoms with van der Waals surface area (Å²) >= 11 is 6.01. The molecule has 164 valence electrons. The van der Waals surface area contributed by atoms with E-state index in [0.29, 0.717) is 54.8 Å². The fourth-order valence-corrected chi connectivity index (χ4v) is 3.66. The molecular weight excluding hydrogens is 428 g/mol. The lowest BCUT2D eigenvalue weighted by atomic mass is 10.1. The number of carbonyl (C=O) groups is 2. The first kappa shape index (κ1) is 21.6. The summed E-state index contributed by atoms with van der Waals surface area (Å²) in [6, 6.07) is 18.0. The highest BCUT2D eigenvalue weighted by atomic mass is 35.5. The first-order valence-electron chi connectivity index (χ1n) is 10.3. The second-order valence-corrected chi connectivity index (χ2v) is 7.83. The quantitative estimate of drug-likeness (QED) is 0.628. The number of piperazine rings is 1. The summed E-state index contributed by atoms with van der Waals surface area (Å²) in [5.41, 5.74) is 2.15. The number of nitrogens with one attached hydrogen (secondary N) is 1. The van der Waals surface area contributed by atoms with E-state index < -0.39 is 0 Å². The van der Waals surface area contributed by atoms with E-state index in [1.165, 1.54) is 0 Å². The van der Waals surface area contributed by atoms with Crippen molar-refractivity contribution in [3.8, 4) is 5.75 Å². The van der Waals surface area contributed by atoms with E-state index in [2.05, 4.69) is 10.3 Å². The van der Waals surface area contributed by atoms with Gasteiger partial charge in [0.1, 0.15) is 12.4 Å². The standard InChI is InChI=1S/C24H23ClN4O3/c25-20-6-1-4-18(14-20)17-32-22-8-2-5-19(15-22)23(30)28-10-12-29(13-11-28)24(31)27-21-7-3-9-26-16-21/h1-9,14-16H,10-13,17H2,(H,27,31). The van der Waals surface area contributed by atoms with Gasteiger partial charge in [0.2, 0.25) is 0 Å². The third-order valence-corrected chi connectivity index (χ3v) is 5.38. The van der Waals surface area contributed by atoms with E-state index in [4.69, 9.17) is 16.3 Å². The molecule has 0 bridgehead atoms. The van der Waals surface area contributed by atoms with Crippen LogP contribution in [0.3, 0.4) is 0 Å². The van der Waals surface area contributed by atoms with Crippen molar-refractivity contribution in [2.75, 3.05) is 31.5 Å². The maximum atomic E-state index is 13.0. The minimum absolute atomic E-state index is 0.0782. The largest absolute Gasteiger partial charge is 0.489 e. The van der Waals surface area contributed by atoms with Crippen LogP contribution >= 0.6 is 11.6 Å². The van der Waals surface area contributed by atoms with Gasteiger partial charge in [0, 0.05) is 43.0 Å². The first-order chi connectivity index (χ1) is 15.6. The molecule has 8 heteroatoms. The highest BCUT2D eigenvalue weighted by molar-refractivity contribution is 6.30. The van der Waals surface area contributed by atoms with Gasteiger partial charge in [-0.05, 0) is 48.0 Å². The molecule has 0 unspecified atom stereocenters. The van der Waals surface area contributed by atoms with Gasteiger partial charge >= 0.3 is 6.03 Å². The number of halogens is 1. The van der Waals surface area contributed by atoms with Crippen LogP contribution in [0.1, 0.15) is 15.9 Å². The van der Waals surface area contributed by atoms with Crippen LogP contribution in [-0.4, -0.2) is 52.9 Å². The van der Waals surface area contributed by atoms with Crippen LogP contribution in [0, 0.1) is 0 Å². The fourth-order valence-electron chi connectivity index (χ4n) is 3.45. The lowest BCUT2D eigenvalue weighted by molar-refractivity contribution is 0.0671. The monoisotopic (exact) mass is 450 g/mol. The van der Waals surface area contributed by atoms with Crippen molar-refractivity contribution in [2.45, 2.75) is 6.61 Å². The van der Waals surface area contributed by atoms with Gasteiger partial charge in [-0.1, -0.05) is 29.8 Å². The van der Waals surface area contributed by atoms with E-state index in [9.17, 15) is 9.59 Å². The Hall–Kier alpha value is -3.58. The Labute approximate surface area is 191 Å². The van der Waals surface area contributed by atoms with Crippen molar-refractivity contribution >= 4 is 29.2 Å². The molecule has 1 N–H and O–H groups in total. The molecule has 1 aliphatic rings. The maximum absolute atomic E-state index is 13.0. The van der Waals surface area contributed by atoms with Crippen LogP contribution in [0.15, 0.2) is 73.1 Å². The molecule has 32 heavy (non-hydrogen) atoms. The average Bonchev–Trinajstić information content (AvgIpc) is 2.83. The zero-order chi connectivity index (χ0) is 22.3. The van der Waals surface area contributed by atoms with Gasteiger partial charge < -0.3 is 19.9 Å². The third kappa shape index (κ3) is 5.56. The SMILES string of the molecule is O=C(Nc1cccnc1)N1CCN(C(=O)c2cccc(OCc3cccc(Cl)c3)c2)CC1. The topological polar surface area (TPSA) is 74.8 Å². The summed E-state index contributed by atoms with van der Waals surface area (Å²) in [6.07, 6.45) is 3.25. The number of pyridine rings is 1. The summed E-state index contributed by atoms with van der Waals surface area (Å²) in [7, 11) is 0. The maximum Gasteiger partial charge on any atom is 0.322 e.